The lowest BCUT2D eigenvalue weighted by atomic mass is 9.69. The lowest BCUT2D eigenvalue weighted by Crippen LogP contribution is -2.30. The Morgan fingerprint density at radius 1 is 0.833 bits per heavy atom. The minimum atomic E-state index is -0.366. The standard InChI is InChI=1S/C31H46O5/c1-3-9-24-10-12-25(13-11-24)26-14-16-27(17-15-26)31(33)36-29-20-18-28(19-21-29)34-22-7-5-6-8-23-35-30(32)4-2/h4,18-21,24-27H,2-3,5-17,22-23H2,1H3. The van der Waals surface area contributed by atoms with E-state index in [4.69, 9.17) is 14.2 Å². The molecule has 5 nitrogen and oxygen atoms in total. The molecule has 0 amide bonds. The molecule has 2 aliphatic carbocycles. The summed E-state index contributed by atoms with van der Waals surface area (Å²) in [4.78, 5) is 23.7. The van der Waals surface area contributed by atoms with Crippen molar-refractivity contribution in [1.29, 1.82) is 0 Å². The van der Waals surface area contributed by atoms with Crippen LogP contribution >= 0.6 is 0 Å². The maximum Gasteiger partial charge on any atom is 0.330 e. The van der Waals surface area contributed by atoms with E-state index in [1.807, 2.05) is 24.3 Å². The Labute approximate surface area is 218 Å². The molecule has 0 heterocycles. The number of carbonyl (C=O) groups is 2. The lowest BCUT2D eigenvalue weighted by Gasteiger charge is -2.37. The van der Waals surface area contributed by atoms with E-state index in [1.165, 1.54) is 57.4 Å². The molecule has 2 saturated carbocycles. The Bertz CT molecular complexity index is 786. The van der Waals surface area contributed by atoms with E-state index in [0.717, 1.165) is 62.0 Å². The van der Waals surface area contributed by atoms with Crippen LogP contribution < -0.4 is 9.47 Å². The molecule has 36 heavy (non-hydrogen) atoms. The quantitative estimate of drug-likeness (QED) is 0.114. The van der Waals surface area contributed by atoms with E-state index < -0.39 is 0 Å². The van der Waals surface area contributed by atoms with Crippen molar-refractivity contribution in [2.75, 3.05) is 13.2 Å². The Hall–Kier alpha value is -2.30. The van der Waals surface area contributed by atoms with Crippen LogP contribution in [0.2, 0.25) is 0 Å². The van der Waals surface area contributed by atoms with Gasteiger partial charge in [0.1, 0.15) is 11.5 Å². The summed E-state index contributed by atoms with van der Waals surface area (Å²) >= 11 is 0. The Morgan fingerprint density at radius 3 is 2.03 bits per heavy atom. The number of hydrogen-bond donors (Lipinski definition) is 0. The summed E-state index contributed by atoms with van der Waals surface area (Å²) in [5, 5.41) is 0. The maximum absolute atomic E-state index is 12.7. The number of rotatable bonds is 14. The van der Waals surface area contributed by atoms with Crippen LogP contribution in [0.25, 0.3) is 0 Å². The van der Waals surface area contributed by atoms with E-state index in [-0.39, 0.29) is 17.9 Å². The summed E-state index contributed by atoms with van der Waals surface area (Å²) in [5.74, 6) is 3.62. The van der Waals surface area contributed by atoms with Gasteiger partial charge in [-0.2, -0.15) is 0 Å². The fourth-order valence-corrected chi connectivity index (χ4v) is 5.97. The predicted molar refractivity (Wildman–Crippen MR) is 143 cm³/mol. The molecule has 0 spiro atoms. The van der Waals surface area contributed by atoms with Gasteiger partial charge in [-0.05, 0) is 106 Å². The first-order valence-electron chi connectivity index (χ1n) is 14.3. The highest BCUT2D eigenvalue weighted by Crippen LogP contribution is 2.42. The van der Waals surface area contributed by atoms with Crippen molar-refractivity contribution in [2.24, 2.45) is 23.7 Å². The van der Waals surface area contributed by atoms with Crippen LogP contribution in [0.4, 0.5) is 0 Å². The van der Waals surface area contributed by atoms with Crippen molar-refractivity contribution in [3.05, 3.63) is 36.9 Å². The summed E-state index contributed by atoms with van der Waals surface area (Å²) in [5.41, 5.74) is 0. The molecule has 0 saturated heterocycles. The molecule has 0 aromatic heterocycles. The number of hydrogen-bond acceptors (Lipinski definition) is 5. The predicted octanol–water partition coefficient (Wildman–Crippen LogP) is 7.67. The molecule has 1 aromatic rings. The molecule has 3 rings (SSSR count). The summed E-state index contributed by atoms with van der Waals surface area (Å²) in [6, 6.07) is 7.37. The summed E-state index contributed by atoms with van der Waals surface area (Å²) in [6.45, 7) is 6.75. The van der Waals surface area contributed by atoms with Crippen LogP contribution in [0.1, 0.15) is 96.8 Å². The second-order valence-corrected chi connectivity index (χ2v) is 10.7. The number of ether oxygens (including phenoxy) is 3. The van der Waals surface area contributed by atoms with Crippen LogP contribution in [-0.2, 0) is 14.3 Å². The van der Waals surface area contributed by atoms with Crippen molar-refractivity contribution in [2.45, 2.75) is 96.8 Å². The van der Waals surface area contributed by atoms with Crippen molar-refractivity contribution >= 4 is 11.9 Å². The van der Waals surface area contributed by atoms with Gasteiger partial charge in [0.05, 0.1) is 19.1 Å². The largest absolute Gasteiger partial charge is 0.494 e. The minimum Gasteiger partial charge on any atom is -0.494 e. The monoisotopic (exact) mass is 498 g/mol. The topological polar surface area (TPSA) is 61.8 Å². The van der Waals surface area contributed by atoms with Gasteiger partial charge in [-0.25, -0.2) is 4.79 Å². The van der Waals surface area contributed by atoms with E-state index in [9.17, 15) is 9.59 Å². The van der Waals surface area contributed by atoms with Crippen LogP contribution in [0.3, 0.4) is 0 Å². The molecule has 0 bridgehead atoms. The molecule has 0 radical (unpaired) electrons. The highest BCUT2D eigenvalue weighted by Gasteiger charge is 2.33. The number of carbonyl (C=O) groups excluding carboxylic acids is 2. The smallest absolute Gasteiger partial charge is 0.330 e. The number of benzene rings is 1. The zero-order chi connectivity index (χ0) is 25.6. The average molecular weight is 499 g/mol. The third-order valence-corrected chi connectivity index (χ3v) is 8.12. The molecule has 5 heteroatoms. The Balaban J connectivity index is 1.27. The van der Waals surface area contributed by atoms with Gasteiger partial charge in [0.25, 0.3) is 0 Å². The van der Waals surface area contributed by atoms with Gasteiger partial charge >= 0.3 is 11.9 Å². The first kappa shape index (κ1) is 28.3. The van der Waals surface area contributed by atoms with Gasteiger partial charge in [-0.15, -0.1) is 0 Å². The van der Waals surface area contributed by atoms with E-state index in [1.54, 1.807) is 0 Å². The third-order valence-electron chi connectivity index (χ3n) is 8.12. The Kier molecular flexibility index (Phi) is 12.4. The highest BCUT2D eigenvalue weighted by atomic mass is 16.5. The third kappa shape index (κ3) is 9.63. The molecule has 0 unspecified atom stereocenters. The van der Waals surface area contributed by atoms with E-state index in [2.05, 4.69) is 13.5 Å². The van der Waals surface area contributed by atoms with Crippen molar-refractivity contribution in [1.82, 2.24) is 0 Å². The van der Waals surface area contributed by atoms with Gasteiger partial charge in [0.2, 0.25) is 0 Å². The van der Waals surface area contributed by atoms with Crippen molar-refractivity contribution in [3.8, 4) is 11.5 Å². The molecule has 2 aliphatic rings. The molecule has 0 atom stereocenters. The van der Waals surface area contributed by atoms with Gasteiger partial charge in [-0.3, -0.25) is 4.79 Å². The molecule has 1 aromatic carbocycles. The minimum absolute atomic E-state index is 0.0360. The van der Waals surface area contributed by atoms with E-state index in [0.29, 0.717) is 19.0 Å². The number of esters is 2. The fourth-order valence-electron chi connectivity index (χ4n) is 5.97. The average Bonchev–Trinajstić information content (AvgIpc) is 2.91. The first-order chi connectivity index (χ1) is 17.6. The SMILES string of the molecule is C=CC(=O)OCCCCCCOc1ccc(OC(=O)C2CCC(C3CCC(CCC)CC3)CC2)cc1. The van der Waals surface area contributed by atoms with E-state index >= 15 is 0 Å². The molecular formula is C31H46O5. The summed E-state index contributed by atoms with van der Waals surface area (Å²) in [6.07, 6.45) is 17.6. The van der Waals surface area contributed by atoms with Crippen LogP contribution in [0.15, 0.2) is 36.9 Å². The van der Waals surface area contributed by atoms with Gasteiger partial charge < -0.3 is 14.2 Å². The molecule has 0 aliphatic heterocycles. The Morgan fingerprint density at radius 2 is 1.42 bits per heavy atom. The van der Waals surface area contributed by atoms with Crippen LogP contribution in [0, 0.1) is 23.7 Å². The van der Waals surface area contributed by atoms with Crippen molar-refractivity contribution in [3.63, 3.8) is 0 Å². The highest BCUT2D eigenvalue weighted by molar-refractivity contribution is 5.81. The molecule has 2 fully saturated rings. The molecule has 0 N–H and O–H groups in total. The van der Waals surface area contributed by atoms with Crippen molar-refractivity contribution < 1.29 is 23.8 Å². The summed E-state index contributed by atoms with van der Waals surface area (Å²) in [7, 11) is 0. The fraction of sp³-hybridized carbons (Fsp3) is 0.677. The van der Waals surface area contributed by atoms with Gasteiger partial charge in [-0.1, -0.05) is 39.2 Å². The van der Waals surface area contributed by atoms with Crippen LogP contribution in [0.5, 0.6) is 11.5 Å². The first-order valence-corrected chi connectivity index (χ1v) is 14.3. The van der Waals surface area contributed by atoms with Gasteiger partial charge in [0, 0.05) is 6.08 Å². The normalized spacial score (nSPS) is 24.0. The second-order valence-electron chi connectivity index (χ2n) is 10.7. The zero-order valence-electron chi connectivity index (χ0n) is 22.3. The molecule has 200 valence electrons. The summed E-state index contributed by atoms with van der Waals surface area (Å²) < 4.78 is 16.5. The lowest BCUT2D eigenvalue weighted by molar-refractivity contribution is -0.140. The maximum atomic E-state index is 12.7. The zero-order valence-corrected chi connectivity index (χ0v) is 22.3. The number of unbranched alkanes of at least 4 members (excludes halogenated alkanes) is 3. The van der Waals surface area contributed by atoms with Crippen LogP contribution in [-0.4, -0.2) is 25.2 Å². The molecular weight excluding hydrogens is 452 g/mol. The van der Waals surface area contributed by atoms with Gasteiger partial charge in [0.15, 0.2) is 0 Å². The second kappa shape index (κ2) is 15.7.